The van der Waals surface area contributed by atoms with E-state index in [-0.39, 0.29) is 4.73 Å². The summed E-state index contributed by atoms with van der Waals surface area (Å²) in [5, 5.41) is 9.62. The Kier molecular flexibility index (Phi) is 3.25. The number of pyridine rings is 1. The molecule has 2 rings (SSSR count). The summed E-state index contributed by atoms with van der Waals surface area (Å²) in [4.78, 5) is 11.5. The topological polar surface area (TPSA) is 42.2 Å². The molecule has 0 spiro atoms. The van der Waals surface area contributed by atoms with Crippen LogP contribution in [0.2, 0.25) is 0 Å². The number of nitrogens with zero attached hydrogens (tertiary/aromatic N) is 1. The molecule has 18 heavy (non-hydrogen) atoms. The molecule has 1 N–H and O–H groups in total. The zero-order valence-electron chi connectivity index (χ0n) is 10.6. The summed E-state index contributed by atoms with van der Waals surface area (Å²) in [5.41, 5.74) is -2.91. The molecule has 0 bridgehead atoms. The molecule has 1 fully saturated rings. The van der Waals surface area contributed by atoms with Gasteiger partial charge in [-0.1, -0.05) is 19.3 Å². The lowest BCUT2D eigenvalue weighted by Crippen LogP contribution is -2.26. The largest absolute Gasteiger partial charge is 0.425 e. The summed E-state index contributed by atoms with van der Waals surface area (Å²) >= 11 is 0. The monoisotopic (exact) mass is 262 g/mol. The van der Waals surface area contributed by atoms with Crippen LogP contribution in [0.1, 0.15) is 57.1 Å². The molecular formula is C12H14F3NO2. The maximum absolute atomic E-state index is 14.1. The van der Waals surface area contributed by atoms with Crippen LogP contribution in [-0.4, -0.2) is 9.94 Å². The van der Waals surface area contributed by atoms with Gasteiger partial charge in [-0.3, -0.25) is 4.79 Å². The second-order valence-electron chi connectivity index (χ2n) is 4.49. The van der Waals surface area contributed by atoms with Crippen LogP contribution in [0.4, 0.5) is 13.2 Å². The van der Waals surface area contributed by atoms with Gasteiger partial charge in [-0.2, -0.15) is 0 Å². The summed E-state index contributed by atoms with van der Waals surface area (Å²) in [6.45, 7) is 0. The molecule has 6 heteroatoms. The summed E-state index contributed by atoms with van der Waals surface area (Å²) < 4.78 is 46.8. The maximum Gasteiger partial charge on any atom is 0.283 e. The molecule has 0 amide bonds. The van der Waals surface area contributed by atoms with Crippen LogP contribution in [0.5, 0.6) is 0 Å². The molecule has 0 saturated heterocycles. The van der Waals surface area contributed by atoms with Crippen molar-refractivity contribution in [3.8, 4) is 0 Å². The molecule has 0 aromatic carbocycles. The van der Waals surface area contributed by atoms with Crippen molar-refractivity contribution in [2.45, 2.75) is 44.4 Å². The van der Waals surface area contributed by atoms with E-state index in [2.05, 4.69) is 0 Å². The van der Waals surface area contributed by atoms with Crippen molar-refractivity contribution in [2.24, 2.45) is 0 Å². The zero-order valence-corrected chi connectivity index (χ0v) is 9.63. The lowest BCUT2D eigenvalue weighted by atomic mass is 9.86. The fraction of sp³-hybridized carbons (Fsp3) is 0.583. The van der Waals surface area contributed by atoms with Gasteiger partial charge in [0.25, 0.3) is 12.0 Å². The molecule has 1 saturated carbocycles. The highest BCUT2D eigenvalue weighted by atomic mass is 19.3. The minimum atomic E-state index is -3.25. The van der Waals surface area contributed by atoms with E-state index in [1.165, 1.54) is 0 Å². The first kappa shape index (κ1) is 11.6. The minimum Gasteiger partial charge on any atom is -0.425 e. The van der Waals surface area contributed by atoms with Crippen molar-refractivity contribution in [1.29, 1.82) is 0 Å². The normalized spacial score (nSPS) is 18.1. The van der Waals surface area contributed by atoms with Gasteiger partial charge in [0.1, 0.15) is 5.69 Å². The van der Waals surface area contributed by atoms with Crippen molar-refractivity contribution in [2.75, 3.05) is 0 Å². The summed E-state index contributed by atoms with van der Waals surface area (Å²) in [7, 11) is 0. The quantitative estimate of drug-likeness (QED) is 0.831. The standard InChI is InChI=1S/C12H14F3NO2/c13-10-8(12(14)15)6-9(17)16(18)11(10)7-4-2-1-3-5-7/h6-7,12,18H,1-5H2/i6D. The van der Waals surface area contributed by atoms with Crippen molar-refractivity contribution in [3.05, 3.63) is 33.5 Å². The number of aromatic nitrogens is 1. The predicted octanol–water partition coefficient (Wildman–Crippen LogP) is 3.21. The fourth-order valence-corrected chi connectivity index (χ4v) is 2.44. The van der Waals surface area contributed by atoms with Crippen LogP contribution in [0.15, 0.2) is 10.8 Å². The molecule has 1 aromatic heterocycles. The van der Waals surface area contributed by atoms with Crippen LogP contribution in [0.25, 0.3) is 0 Å². The lowest BCUT2D eigenvalue weighted by molar-refractivity contribution is 0.131. The molecule has 0 atom stereocenters. The summed E-state index contributed by atoms with van der Waals surface area (Å²) in [5.74, 6) is -1.78. The van der Waals surface area contributed by atoms with E-state index in [0.29, 0.717) is 12.8 Å². The lowest BCUT2D eigenvalue weighted by Gasteiger charge is -2.23. The number of alkyl halides is 2. The van der Waals surface area contributed by atoms with Gasteiger partial charge < -0.3 is 5.21 Å². The first-order chi connectivity index (χ1) is 8.95. The van der Waals surface area contributed by atoms with E-state index >= 15 is 0 Å². The van der Waals surface area contributed by atoms with E-state index in [1.54, 1.807) is 0 Å². The minimum absolute atomic E-state index is 0.0273. The van der Waals surface area contributed by atoms with Crippen LogP contribution in [-0.2, 0) is 0 Å². The smallest absolute Gasteiger partial charge is 0.283 e. The SMILES string of the molecule is [2H]c1c(C(F)F)c(F)c(C2CCCCC2)n(O)c1=O. The van der Waals surface area contributed by atoms with E-state index in [4.69, 9.17) is 1.37 Å². The van der Waals surface area contributed by atoms with Crippen molar-refractivity contribution >= 4 is 0 Å². The van der Waals surface area contributed by atoms with Gasteiger partial charge in [-0.25, -0.2) is 13.2 Å². The molecule has 3 nitrogen and oxygen atoms in total. The van der Waals surface area contributed by atoms with Gasteiger partial charge in [0.05, 0.1) is 6.93 Å². The van der Waals surface area contributed by atoms with Gasteiger partial charge in [0.15, 0.2) is 5.82 Å². The molecule has 1 aliphatic carbocycles. The molecule has 0 radical (unpaired) electrons. The average Bonchev–Trinajstić information content (AvgIpc) is 2.37. The average molecular weight is 262 g/mol. The van der Waals surface area contributed by atoms with Gasteiger partial charge in [0, 0.05) is 12.0 Å². The first-order valence-corrected chi connectivity index (χ1v) is 5.87. The molecule has 0 aliphatic heterocycles. The van der Waals surface area contributed by atoms with E-state index in [9.17, 15) is 23.2 Å². The number of hydrogen-bond donors (Lipinski definition) is 1. The number of halogens is 3. The first-order valence-electron chi connectivity index (χ1n) is 6.37. The third-order valence-electron chi connectivity index (χ3n) is 3.33. The second-order valence-corrected chi connectivity index (χ2v) is 4.49. The Bertz CT molecular complexity index is 539. The molecule has 1 aromatic rings. The number of rotatable bonds is 2. The fourth-order valence-electron chi connectivity index (χ4n) is 2.44. The third kappa shape index (κ3) is 2.23. The van der Waals surface area contributed by atoms with Gasteiger partial charge in [-0.05, 0) is 12.8 Å². The Morgan fingerprint density at radius 2 is 2.00 bits per heavy atom. The van der Waals surface area contributed by atoms with Gasteiger partial charge in [0.2, 0.25) is 0 Å². The summed E-state index contributed by atoms with van der Waals surface area (Å²) in [6.07, 6.45) is 0.388. The van der Waals surface area contributed by atoms with E-state index in [0.717, 1.165) is 19.3 Å². The van der Waals surface area contributed by atoms with Crippen molar-refractivity contribution in [1.82, 2.24) is 4.73 Å². The molecule has 100 valence electrons. The highest BCUT2D eigenvalue weighted by Gasteiger charge is 2.28. The number of hydrogen-bond acceptors (Lipinski definition) is 2. The van der Waals surface area contributed by atoms with Gasteiger partial charge >= 0.3 is 0 Å². The highest BCUT2D eigenvalue weighted by Crippen LogP contribution is 2.35. The zero-order chi connectivity index (χ0) is 14.2. The van der Waals surface area contributed by atoms with Crippen LogP contribution in [0, 0.1) is 5.82 Å². The van der Waals surface area contributed by atoms with Crippen molar-refractivity contribution in [3.63, 3.8) is 0 Å². The Morgan fingerprint density at radius 3 is 2.56 bits per heavy atom. The van der Waals surface area contributed by atoms with Crippen molar-refractivity contribution < 1.29 is 19.7 Å². The Hall–Kier alpha value is -1.46. The second kappa shape index (κ2) is 5.04. The molecular weight excluding hydrogens is 247 g/mol. The summed E-state index contributed by atoms with van der Waals surface area (Å²) in [6, 6.07) is -1.19. The van der Waals surface area contributed by atoms with E-state index in [1.807, 2.05) is 0 Å². The van der Waals surface area contributed by atoms with Crippen LogP contribution < -0.4 is 5.56 Å². The predicted molar refractivity (Wildman–Crippen MR) is 58.6 cm³/mol. The van der Waals surface area contributed by atoms with Crippen LogP contribution >= 0.6 is 0 Å². The van der Waals surface area contributed by atoms with Gasteiger partial charge in [-0.15, -0.1) is 4.73 Å². The molecule has 1 heterocycles. The van der Waals surface area contributed by atoms with Crippen LogP contribution in [0.3, 0.4) is 0 Å². The Labute approximate surface area is 103 Å². The van der Waals surface area contributed by atoms with E-state index < -0.39 is 41.0 Å². The Morgan fingerprint density at radius 1 is 1.39 bits per heavy atom. The molecule has 1 aliphatic rings. The molecule has 0 unspecified atom stereocenters. The third-order valence-corrected chi connectivity index (χ3v) is 3.33. The maximum atomic E-state index is 14.1. The highest BCUT2D eigenvalue weighted by molar-refractivity contribution is 5.24. The Balaban J connectivity index is 2.62.